The first-order valence-electron chi connectivity index (χ1n) is 20.8. The zero-order valence-corrected chi connectivity index (χ0v) is 36.2. The van der Waals surface area contributed by atoms with E-state index in [0.717, 1.165) is 33.2 Å². The first-order valence-corrected chi connectivity index (χ1v) is 20.8. The van der Waals surface area contributed by atoms with E-state index in [4.69, 9.17) is 9.47 Å². The number of nitrogens with one attached hydrogen (secondary N) is 1. The number of carbonyl (C=O) groups is 5. The number of ketones is 1. The Morgan fingerprint density at radius 2 is 1.71 bits per heavy atom. The number of aryl methyl sites for hydroxylation is 3. The van der Waals surface area contributed by atoms with Gasteiger partial charge in [-0.15, -0.1) is 0 Å². The summed E-state index contributed by atoms with van der Waals surface area (Å²) in [6.07, 6.45) is 8.40. The number of aliphatic imine (C=N–C) groups is 1. The average molecular weight is 848 g/mol. The van der Waals surface area contributed by atoms with E-state index in [1.54, 1.807) is 80.7 Å². The van der Waals surface area contributed by atoms with Crippen molar-refractivity contribution in [2.24, 2.45) is 19.1 Å². The number of fused-ring (bicyclic) bond motifs is 3. The van der Waals surface area contributed by atoms with Crippen LogP contribution in [0.1, 0.15) is 93.0 Å². The molecule has 0 spiro atoms. The largest absolute Gasteiger partial charge is 0.493 e. The summed E-state index contributed by atoms with van der Waals surface area (Å²) in [7, 11) is 3.52. The third-order valence-electron chi connectivity index (χ3n) is 11.1. The predicted molar refractivity (Wildman–Crippen MR) is 240 cm³/mol. The second-order valence-corrected chi connectivity index (χ2v) is 17.2. The molecule has 8 rings (SSSR count). The van der Waals surface area contributed by atoms with E-state index in [2.05, 4.69) is 21.9 Å². The molecule has 14 heteroatoms. The maximum absolute atomic E-state index is 13.8. The normalized spacial score (nSPS) is 14.7. The molecular formula is C49H49N7O7. The van der Waals surface area contributed by atoms with Gasteiger partial charge in [0.1, 0.15) is 17.0 Å². The van der Waals surface area contributed by atoms with E-state index in [1.807, 2.05) is 71.3 Å². The minimum absolute atomic E-state index is 0.0656. The first kappa shape index (κ1) is 42.3. The summed E-state index contributed by atoms with van der Waals surface area (Å²) in [5, 5.41) is 3.53. The van der Waals surface area contributed by atoms with Crippen LogP contribution >= 0.6 is 0 Å². The second-order valence-electron chi connectivity index (χ2n) is 17.2. The van der Waals surface area contributed by atoms with Gasteiger partial charge in [-0.2, -0.15) is 0 Å². The van der Waals surface area contributed by atoms with E-state index in [0.29, 0.717) is 53.2 Å². The lowest BCUT2D eigenvalue weighted by Crippen LogP contribution is -2.35. The zero-order valence-electron chi connectivity index (χ0n) is 36.2. The molecule has 1 unspecified atom stereocenters. The van der Waals surface area contributed by atoms with Crippen LogP contribution in [0.4, 0.5) is 11.5 Å². The molecule has 1 fully saturated rings. The van der Waals surface area contributed by atoms with Crippen molar-refractivity contribution in [3.63, 3.8) is 0 Å². The number of nitrogens with zero attached hydrogens (tertiary/aromatic N) is 6. The summed E-state index contributed by atoms with van der Waals surface area (Å²) in [5.74, 6) is -0.0792. The number of aromatic nitrogens is 4. The highest BCUT2D eigenvalue weighted by atomic mass is 16.6. The van der Waals surface area contributed by atoms with Gasteiger partial charge in [0.05, 0.1) is 35.0 Å². The van der Waals surface area contributed by atoms with Crippen molar-refractivity contribution < 1.29 is 33.4 Å². The van der Waals surface area contributed by atoms with Gasteiger partial charge in [-0.05, 0) is 93.6 Å². The smallest absolute Gasteiger partial charge is 0.338 e. The number of carbonyl (C=O) groups excluding carboxylic acids is 5. The van der Waals surface area contributed by atoms with Crippen LogP contribution in [0.15, 0.2) is 102 Å². The monoisotopic (exact) mass is 847 g/mol. The van der Waals surface area contributed by atoms with Gasteiger partial charge in [0.15, 0.2) is 11.6 Å². The molecule has 5 heterocycles. The van der Waals surface area contributed by atoms with Crippen LogP contribution in [-0.2, 0) is 30.0 Å². The quantitative estimate of drug-likeness (QED) is 0.0561. The molecule has 1 atom stereocenters. The molecular weight excluding hydrogens is 799 g/mol. The van der Waals surface area contributed by atoms with E-state index in [1.165, 1.54) is 0 Å². The summed E-state index contributed by atoms with van der Waals surface area (Å²) in [6, 6.07) is 19.8. The number of amides is 2. The SMILES string of the molecule is C=C1CC2C=Nc3cc(OCCCC(=O)Nc4cn(C)c(C(=O)Cc5ccc(-c6cc(C(=O)n7ccc8cc(C(=O)OC(C)(C)C)ccc87)n(C)c6)cc5)n4)c(C)cc3C(=O)N2C1. The molecule has 3 aromatic heterocycles. The highest BCUT2D eigenvalue weighted by Crippen LogP contribution is 2.35. The van der Waals surface area contributed by atoms with E-state index in [-0.39, 0.29) is 60.6 Å². The minimum Gasteiger partial charge on any atom is -0.493 e. The van der Waals surface area contributed by atoms with Crippen molar-refractivity contribution in [1.29, 1.82) is 0 Å². The number of ether oxygens (including phenoxy) is 2. The fourth-order valence-corrected chi connectivity index (χ4v) is 7.94. The Morgan fingerprint density at radius 1 is 0.937 bits per heavy atom. The Balaban J connectivity index is 0.834. The van der Waals surface area contributed by atoms with Crippen molar-refractivity contribution >= 4 is 58.1 Å². The number of rotatable bonds is 12. The fourth-order valence-electron chi connectivity index (χ4n) is 7.94. The topological polar surface area (TPSA) is 159 Å². The molecule has 2 amide bonds. The lowest BCUT2D eigenvalue weighted by atomic mass is 10.0. The van der Waals surface area contributed by atoms with Crippen LogP contribution in [0.25, 0.3) is 22.0 Å². The molecule has 2 aliphatic rings. The van der Waals surface area contributed by atoms with Crippen molar-refractivity contribution in [3.05, 3.63) is 131 Å². The summed E-state index contributed by atoms with van der Waals surface area (Å²) in [6.45, 7) is 12.2. The molecule has 3 aromatic carbocycles. The Hall–Kier alpha value is -7.35. The highest BCUT2D eigenvalue weighted by Gasteiger charge is 2.34. The number of anilines is 1. The Bertz CT molecular complexity index is 2870. The van der Waals surface area contributed by atoms with Crippen LogP contribution < -0.4 is 10.1 Å². The van der Waals surface area contributed by atoms with Crippen LogP contribution in [0.5, 0.6) is 5.75 Å². The molecule has 6 aromatic rings. The maximum Gasteiger partial charge on any atom is 0.338 e. The second kappa shape index (κ2) is 16.8. The average Bonchev–Trinajstić information content (AvgIpc) is 4.01. The molecule has 0 saturated carbocycles. The lowest BCUT2D eigenvalue weighted by Gasteiger charge is -2.20. The van der Waals surface area contributed by atoms with E-state index in [9.17, 15) is 24.0 Å². The molecule has 322 valence electrons. The Kier molecular flexibility index (Phi) is 11.3. The number of imidazole rings is 1. The number of Topliss-reactive ketones (excluding diaryl/α,β-unsaturated/α-hetero) is 1. The van der Waals surface area contributed by atoms with Crippen LogP contribution in [0.3, 0.4) is 0 Å². The zero-order chi connectivity index (χ0) is 44.7. The molecule has 1 N–H and O–H groups in total. The van der Waals surface area contributed by atoms with Gasteiger partial charge in [0, 0.05) is 75.3 Å². The number of benzene rings is 3. The van der Waals surface area contributed by atoms with Gasteiger partial charge in [-0.3, -0.25) is 28.7 Å². The first-order chi connectivity index (χ1) is 30.0. The van der Waals surface area contributed by atoms with E-state index < -0.39 is 11.6 Å². The Labute approximate surface area is 364 Å². The van der Waals surface area contributed by atoms with Gasteiger partial charge in [-0.1, -0.05) is 36.4 Å². The standard InChI is InChI=1S/C49H49N7O7/c1-29-19-36-25-50-38-24-42(30(2)20-37(38)46(59)56(36)26-29)62-18-8-9-44(58)51-43-28-54(7)45(52-43)41(57)21-31-10-12-32(13-11-31)35-23-40(53(6)27-35)47(60)55-17-16-33-22-34(14-15-39(33)55)48(61)63-49(3,4)5/h10-17,20,22-25,27-28,36H,1,8-9,18-19,21,26H2,2-7H3,(H,51,58). The molecule has 0 aliphatic carbocycles. The van der Waals surface area contributed by atoms with Crippen molar-refractivity contribution in [3.8, 4) is 16.9 Å². The molecule has 1 saturated heterocycles. The molecule has 0 bridgehead atoms. The van der Waals surface area contributed by atoms with Gasteiger partial charge in [-0.25, -0.2) is 9.78 Å². The third-order valence-corrected chi connectivity index (χ3v) is 11.1. The van der Waals surface area contributed by atoms with Crippen LogP contribution in [0.2, 0.25) is 0 Å². The Morgan fingerprint density at radius 3 is 2.48 bits per heavy atom. The summed E-state index contributed by atoms with van der Waals surface area (Å²) in [4.78, 5) is 76.6. The highest BCUT2D eigenvalue weighted by molar-refractivity contribution is 6.05. The maximum atomic E-state index is 13.8. The van der Waals surface area contributed by atoms with Gasteiger partial charge in [0.25, 0.3) is 11.8 Å². The van der Waals surface area contributed by atoms with Crippen molar-refractivity contribution in [1.82, 2.24) is 23.6 Å². The van der Waals surface area contributed by atoms with E-state index >= 15 is 0 Å². The van der Waals surface area contributed by atoms with Crippen LogP contribution in [0, 0.1) is 6.92 Å². The van der Waals surface area contributed by atoms with Gasteiger partial charge >= 0.3 is 5.97 Å². The summed E-state index contributed by atoms with van der Waals surface area (Å²) < 4.78 is 16.5. The molecule has 14 nitrogen and oxygen atoms in total. The molecule has 63 heavy (non-hydrogen) atoms. The van der Waals surface area contributed by atoms with Crippen molar-refractivity contribution in [2.45, 2.75) is 65.0 Å². The number of hydrogen-bond acceptors (Lipinski definition) is 9. The van der Waals surface area contributed by atoms with Gasteiger partial charge < -0.3 is 28.8 Å². The summed E-state index contributed by atoms with van der Waals surface area (Å²) in [5.41, 5.74) is 6.35. The molecule has 0 radical (unpaired) electrons. The number of esters is 1. The van der Waals surface area contributed by atoms with Crippen molar-refractivity contribution in [2.75, 3.05) is 18.5 Å². The minimum atomic E-state index is -0.620. The lowest BCUT2D eigenvalue weighted by molar-refractivity contribution is -0.116. The number of hydrogen-bond donors (Lipinski definition) is 1. The van der Waals surface area contributed by atoms with Gasteiger partial charge in [0.2, 0.25) is 11.7 Å². The fraction of sp³-hybridized carbons (Fsp3) is 0.286. The predicted octanol–water partition coefficient (Wildman–Crippen LogP) is 8.04. The van der Waals surface area contributed by atoms with Crippen LogP contribution in [-0.4, -0.2) is 84.1 Å². The summed E-state index contributed by atoms with van der Waals surface area (Å²) >= 11 is 0. The molecule has 2 aliphatic heterocycles. The third kappa shape index (κ3) is 9.01.